The van der Waals surface area contributed by atoms with Gasteiger partial charge >= 0.3 is 0 Å². The zero-order valence-corrected chi connectivity index (χ0v) is 16.6. The lowest BCUT2D eigenvalue weighted by molar-refractivity contribution is -0.142. The first-order valence-corrected chi connectivity index (χ1v) is 9.83. The van der Waals surface area contributed by atoms with Gasteiger partial charge in [-0.1, -0.05) is 6.42 Å². The van der Waals surface area contributed by atoms with Crippen LogP contribution in [0.1, 0.15) is 49.3 Å². The monoisotopic (exact) mass is 393 g/mol. The number of amides is 1. The zero-order valence-electron chi connectivity index (χ0n) is 15.8. The normalized spacial score (nSPS) is 21.1. The maximum absolute atomic E-state index is 13.2. The summed E-state index contributed by atoms with van der Waals surface area (Å²) in [5, 5.41) is 2.27. The number of hydrogen-bond donors (Lipinski definition) is 0. The molecule has 0 aromatic heterocycles. The lowest BCUT2D eigenvalue weighted by Crippen LogP contribution is -2.55. The summed E-state index contributed by atoms with van der Waals surface area (Å²) in [5.74, 6) is 0.487. The van der Waals surface area contributed by atoms with Crippen molar-refractivity contribution in [3.05, 3.63) is 28.8 Å². The van der Waals surface area contributed by atoms with Crippen molar-refractivity contribution in [1.82, 2.24) is 9.80 Å². The van der Waals surface area contributed by atoms with E-state index in [1.54, 1.807) is 6.07 Å². The van der Waals surface area contributed by atoms with Crippen molar-refractivity contribution in [3.63, 3.8) is 0 Å². The number of rotatable bonds is 5. The average molecular weight is 394 g/mol. The summed E-state index contributed by atoms with van der Waals surface area (Å²) in [7, 11) is 0. The SMILES string of the molecule is Cc1c(CN2CCN(C(=O)C3CCC3)[C@@H](C)C2)cc(C(F)F)cc1N=C=S. The molecule has 1 amide bonds. The minimum Gasteiger partial charge on any atom is -0.337 e. The number of carbonyl (C=O) groups excluding carboxylic acids is 1. The van der Waals surface area contributed by atoms with Crippen molar-refractivity contribution in [3.8, 4) is 0 Å². The molecule has 1 atom stereocenters. The largest absolute Gasteiger partial charge is 0.337 e. The Labute approximate surface area is 164 Å². The molecule has 1 aliphatic carbocycles. The lowest BCUT2D eigenvalue weighted by atomic mass is 9.84. The molecule has 1 aromatic carbocycles. The van der Waals surface area contributed by atoms with E-state index in [0.29, 0.717) is 18.8 Å². The van der Waals surface area contributed by atoms with Gasteiger partial charge in [-0.05, 0) is 62.2 Å². The molecule has 0 N–H and O–H groups in total. The Balaban J connectivity index is 1.72. The van der Waals surface area contributed by atoms with Gasteiger partial charge in [0.05, 0.1) is 10.8 Å². The quantitative estimate of drug-likeness (QED) is 0.546. The molecular weight excluding hydrogens is 368 g/mol. The highest BCUT2D eigenvalue weighted by molar-refractivity contribution is 7.78. The maximum Gasteiger partial charge on any atom is 0.263 e. The first-order chi connectivity index (χ1) is 12.9. The van der Waals surface area contributed by atoms with Crippen LogP contribution in [-0.2, 0) is 11.3 Å². The Bertz CT molecular complexity index is 760. The predicted octanol–water partition coefficient (Wildman–Crippen LogP) is 4.50. The Hall–Kier alpha value is -1.69. The van der Waals surface area contributed by atoms with Crippen molar-refractivity contribution in [2.45, 2.75) is 52.1 Å². The van der Waals surface area contributed by atoms with Crippen LogP contribution in [0, 0.1) is 12.8 Å². The van der Waals surface area contributed by atoms with Crippen molar-refractivity contribution in [1.29, 1.82) is 0 Å². The summed E-state index contributed by atoms with van der Waals surface area (Å²) in [6, 6.07) is 3.06. The maximum atomic E-state index is 13.2. The smallest absolute Gasteiger partial charge is 0.263 e. The average Bonchev–Trinajstić information content (AvgIpc) is 2.56. The first kappa shape index (κ1) is 20.1. The van der Waals surface area contributed by atoms with Crippen molar-refractivity contribution in [2.75, 3.05) is 19.6 Å². The van der Waals surface area contributed by atoms with Crippen molar-refractivity contribution < 1.29 is 13.6 Å². The van der Waals surface area contributed by atoms with E-state index >= 15 is 0 Å². The summed E-state index contributed by atoms with van der Waals surface area (Å²) in [4.78, 5) is 20.7. The molecule has 146 valence electrons. The van der Waals surface area contributed by atoms with Gasteiger partial charge in [0.15, 0.2) is 0 Å². The zero-order chi connectivity index (χ0) is 19.6. The van der Waals surface area contributed by atoms with Crippen LogP contribution in [0.2, 0.25) is 0 Å². The molecule has 3 rings (SSSR count). The molecular formula is C20H25F2N3OS. The number of halogens is 2. The van der Waals surface area contributed by atoms with Gasteiger partial charge in [-0.15, -0.1) is 0 Å². The highest BCUT2D eigenvalue weighted by Crippen LogP contribution is 2.32. The van der Waals surface area contributed by atoms with E-state index in [-0.39, 0.29) is 23.4 Å². The number of isothiocyanates is 1. The first-order valence-electron chi connectivity index (χ1n) is 9.43. The Morgan fingerprint density at radius 1 is 1.37 bits per heavy atom. The fourth-order valence-electron chi connectivity index (χ4n) is 3.87. The molecule has 2 aliphatic rings. The van der Waals surface area contributed by atoms with Crippen molar-refractivity contribution >= 4 is 29.0 Å². The summed E-state index contributed by atoms with van der Waals surface area (Å²) in [6.45, 7) is 6.66. The third-order valence-corrected chi connectivity index (χ3v) is 5.86. The van der Waals surface area contributed by atoms with Crippen molar-refractivity contribution in [2.24, 2.45) is 10.9 Å². The molecule has 0 radical (unpaired) electrons. The summed E-state index contributed by atoms with van der Waals surface area (Å²) in [6.07, 6.45) is 0.611. The van der Waals surface area contributed by atoms with Crippen LogP contribution in [0.5, 0.6) is 0 Å². The Morgan fingerprint density at radius 3 is 2.67 bits per heavy atom. The number of hydrogen-bond acceptors (Lipinski definition) is 4. The fourth-order valence-corrected chi connectivity index (χ4v) is 3.97. The fraction of sp³-hybridized carbons (Fsp3) is 0.600. The predicted molar refractivity (Wildman–Crippen MR) is 105 cm³/mol. The van der Waals surface area contributed by atoms with E-state index in [0.717, 1.165) is 43.5 Å². The minimum absolute atomic E-state index is 0.0496. The van der Waals surface area contributed by atoms with Gasteiger partial charge in [-0.25, -0.2) is 8.78 Å². The standard InChI is InChI=1S/C20H25F2N3OS/c1-13-10-24(6-7-25(13)20(26)15-4-3-5-15)11-17-8-16(19(21)22)9-18(14(17)2)23-12-27/h8-9,13,15,19H,3-7,10-11H2,1-2H3/t13-/m0/s1. The Kier molecular flexibility index (Phi) is 6.35. The molecule has 1 aromatic rings. The van der Waals surface area contributed by atoms with Crippen LogP contribution in [0.25, 0.3) is 0 Å². The van der Waals surface area contributed by atoms with Crippen LogP contribution >= 0.6 is 12.2 Å². The highest BCUT2D eigenvalue weighted by Gasteiger charge is 2.34. The van der Waals surface area contributed by atoms with E-state index < -0.39 is 6.43 Å². The molecule has 1 saturated heterocycles. The number of alkyl halides is 2. The van der Waals surface area contributed by atoms with E-state index in [4.69, 9.17) is 0 Å². The van der Waals surface area contributed by atoms with E-state index in [1.165, 1.54) is 6.07 Å². The van der Waals surface area contributed by atoms with Gasteiger partial charge in [0.1, 0.15) is 0 Å². The lowest BCUT2D eigenvalue weighted by Gasteiger charge is -2.42. The third kappa shape index (κ3) is 4.42. The number of aliphatic imine (C=N–C) groups is 1. The summed E-state index contributed by atoms with van der Waals surface area (Å²) in [5.41, 5.74) is 2.07. The van der Waals surface area contributed by atoms with Crippen LogP contribution in [-0.4, -0.2) is 46.5 Å². The summed E-state index contributed by atoms with van der Waals surface area (Å²) >= 11 is 4.64. The molecule has 1 heterocycles. The van der Waals surface area contributed by atoms with Gasteiger partial charge < -0.3 is 4.90 Å². The summed E-state index contributed by atoms with van der Waals surface area (Å²) < 4.78 is 26.5. The van der Waals surface area contributed by atoms with Crippen LogP contribution < -0.4 is 0 Å². The van der Waals surface area contributed by atoms with Crippen LogP contribution in [0.3, 0.4) is 0 Å². The highest BCUT2D eigenvalue weighted by atomic mass is 32.1. The second-order valence-corrected chi connectivity index (χ2v) is 7.75. The van der Waals surface area contributed by atoms with E-state index in [9.17, 15) is 13.6 Å². The van der Waals surface area contributed by atoms with Gasteiger partial charge in [-0.3, -0.25) is 9.69 Å². The number of carbonyl (C=O) groups is 1. The van der Waals surface area contributed by atoms with Crippen LogP contribution in [0.15, 0.2) is 17.1 Å². The molecule has 0 bridgehead atoms. The third-order valence-electron chi connectivity index (χ3n) is 5.77. The Morgan fingerprint density at radius 2 is 2.11 bits per heavy atom. The molecule has 0 unspecified atom stereocenters. The molecule has 1 saturated carbocycles. The number of benzene rings is 1. The second-order valence-electron chi connectivity index (χ2n) is 7.57. The van der Waals surface area contributed by atoms with E-state index in [1.807, 2.05) is 11.8 Å². The van der Waals surface area contributed by atoms with Crippen LogP contribution in [0.4, 0.5) is 14.5 Å². The molecule has 7 heteroatoms. The van der Waals surface area contributed by atoms with Gasteiger partial charge in [0, 0.05) is 43.7 Å². The topological polar surface area (TPSA) is 35.9 Å². The van der Waals surface area contributed by atoms with E-state index in [2.05, 4.69) is 34.2 Å². The molecule has 0 spiro atoms. The molecule has 4 nitrogen and oxygen atoms in total. The molecule has 2 fully saturated rings. The number of piperazine rings is 1. The molecule has 1 aliphatic heterocycles. The number of nitrogens with zero attached hydrogens (tertiary/aromatic N) is 3. The van der Waals surface area contributed by atoms with Gasteiger partial charge in [-0.2, -0.15) is 4.99 Å². The second kappa shape index (κ2) is 8.55. The number of thiocarbonyl (C=S) groups is 1. The van der Waals surface area contributed by atoms with Gasteiger partial charge in [0.2, 0.25) is 5.91 Å². The minimum atomic E-state index is -2.56. The molecule has 27 heavy (non-hydrogen) atoms. The van der Waals surface area contributed by atoms with Gasteiger partial charge in [0.25, 0.3) is 6.43 Å².